The molecule has 0 heterocycles. The standard InChI is InChI=1S/C24H32N2O2/c1-16(2)23(26-22(27)15-20-9-7-6-8-10-20)24(28)25-12-11-21-18(4)13-17(3)14-19(21)5/h6-10,13-14,16,23H,11-12,15H2,1-5H3,(H,25,28)(H,26,27). The number of benzene rings is 2. The van der Waals surface area contributed by atoms with Crippen molar-refractivity contribution in [3.63, 3.8) is 0 Å². The predicted octanol–water partition coefficient (Wildman–Crippen LogP) is 3.65. The first kappa shape index (κ1) is 21.7. The predicted molar refractivity (Wildman–Crippen MR) is 114 cm³/mol. The summed E-state index contributed by atoms with van der Waals surface area (Å²) in [5, 5.41) is 5.89. The van der Waals surface area contributed by atoms with Gasteiger partial charge in [-0.05, 0) is 55.4 Å². The molecular formula is C24H32N2O2. The summed E-state index contributed by atoms with van der Waals surface area (Å²) in [5.74, 6) is -0.244. The third-order valence-corrected chi connectivity index (χ3v) is 4.99. The average Bonchev–Trinajstić information content (AvgIpc) is 2.62. The molecule has 0 aromatic heterocycles. The van der Waals surface area contributed by atoms with E-state index in [-0.39, 0.29) is 24.2 Å². The zero-order chi connectivity index (χ0) is 20.7. The van der Waals surface area contributed by atoms with Crippen LogP contribution in [0.3, 0.4) is 0 Å². The molecule has 0 aliphatic rings. The second-order valence-electron chi connectivity index (χ2n) is 7.87. The first-order chi connectivity index (χ1) is 13.3. The molecule has 2 amide bonds. The number of nitrogens with one attached hydrogen (secondary N) is 2. The Morgan fingerprint density at radius 3 is 2.14 bits per heavy atom. The SMILES string of the molecule is Cc1cc(C)c(CCNC(=O)C(NC(=O)Cc2ccccc2)C(C)C)c(C)c1. The highest BCUT2D eigenvalue weighted by atomic mass is 16.2. The molecule has 4 nitrogen and oxygen atoms in total. The maximum atomic E-state index is 12.7. The van der Waals surface area contributed by atoms with Crippen LogP contribution in [0.5, 0.6) is 0 Å². The molecule has 0 spiro atoms. The summed E-state index contributed by atoms with van der Waals surface area (Å²) >= 11 is 0. The molecule has 28 heavy (non-hydrogen) atoms. The Morgan fingerprint density at radius 1 is 0.964 bits per heavy atom. The lowest BCUT2D eigenvalue weighted by Gasteiger charge is -2.22. The molecule has 2 aromatic carbocycles. The Morgan fingerprint density at radius 2 is 1.57 bits per heavy atom. The van der Waals surface area contributed by atoms with Crippen molar-refractivity contribution in [1.82, 2.24) is 10.6 Å². The summed E-state index contributed by atoms with van der Waals surface area (Å²) in [6.07, 6.45) is 1.06. The van der Waals surface area contributed by atoms with Gasteiger partial charge in [-0.2, -0.15) is 0 Å². The van der Waals surface area contributed by atoms with E-state index in [1.165, 1.54) is 22.3 Å². The van der Waals surface area contributed by atoms with Gasteiger partial charge in [0.25, 0.3) is 0 Å². The molecule has 0 aliphatic carbocycles. The Balaban J connectivity index is 1.91. The van der Waals surface area contributed by atoms with Gasteiger partial charge in [-0.15, -0.1) is 0 Å². The van der Waals surface area contributed by atoms with Crippen molar-refractivity contribution in [3.8, 4) is 0 Å². The lowest BCUT2D eigenvalue weighted by molar-refractivity contribution is -0.129. The molecule has 2 aromatic rings. The molecule has 2 rings (SSSR count). The summed E-state index contributed by atoms with van der Waals surface area (Å²) in [7, 11) is 0. The van der Waals surface area contributed by atoms with E-state index in [1.807, 2.05) is 44.2 Å². The van der Waals surface area contributed by atoms with Crippen molar-refractivity contribution in [2.75, 3.05) is 6.54 Å². The van der Waals surface area contributed by atoms with E-state index in [1.54, 1.807) is 0 Å². The summed E-state index contributed by atoms with van der Waals surface area (Å²) < 4.78 is 0. The number of hydrogen-bond donors (Lipinski definition) is 2. The van der Waals surface area contributed by atoms with E-state index in [9.17, 15) is 9.59 Å². The molecule has 0 aliphatic heterocycles. The Kier molecular flexibility index (Phi) is 7.80. The molecule has 0 fully saturated rings. The van der Waals surface area contributed by atoms with Crippen LogP contribution in [0.2, 0.25) is 0 Å². The highest BCUT2D eigenvalue weighted by Crippen LogP contribution is 2.16. The molecule has 2 N–H and O–H groups in total. The van der Waals surface area contributed by atoms with E-state index in [0.717, 1.165) is 12.0 Å². The second-order valence-corrected chi connectivity index (χ2v) is 7.87. The molecule has 0 saturated carbocycles. The van der Waals surface area contributed by atoms with Crippen LogP contribution in [-0.2, 0) is 22.4 Å². The molecule has 1 atom stereocenters. The van der Waals surface area contributed by atoms with E-state index in [4.69, 9.17) is 0 Å². The maximum absolute atomic E-state index is 12.7. The lowest BCUT2D eigenvalue weighted by atomic mass is 9.97. The van der Waals surface area contributed by atoms with Gasteiger partial charge in [0.15, 0.2) is 0 Å². The van der Waals surface area contributed by atoms with Crippen LogP contribution >= 0.6 is 0 Å². The van der Waals surface area contributed by atoms with Crippen LogP contribution in [-0.4, -0.2) is 24.4 Å². The van der Waals surface area contributed by atoms with Gasteiger partial charge in [0, 0.05) is 6.54 Å². The number of aryl methyl sites for hydroxylation is 3. The fourth-order valence-electron chi connectivity index (χ4n) is 3.57. The van der Waals surface area contributed by atoms with Crippen molar-refractivity contribution in [1.29, 1.82) is 0 Å². The summed E-state index contributed by atoms with van der Waals surface area (Å²) in [5.41, 5.74) is 5.98. The highest BCUT2D eigenvalue weighted by molar-refractivity contribution is 5.88. The van der Waals surface area contributed by atoms with Crippen molar-refractivity contribution in [2.24, 2.45) is 5.92 Å². The van der Waals surface area contributed by atoms with Gasteiger partial charge >= 0.3 is 0 Å². The number of carbonyl (C=O) groups excluding carboxylic acids is 2. The van der Waals surface area contributed by atoms with Crippen LogP contribution in [0, 0.1) is 26.7 Å². The summed E-state index contributed by atoms with van der Waals surface area (Å²) in [6, 6.07) is 13.4. The number of rotatable bonds is 8. The molecular weight excluding hydrogens is 348 g/mol. The number of carbonyl (C=O) groups is 2. The first-order valence-electron chi connectivity index (χ1n) is 9.95. The second kappa shape index (κ2) is 10.1. The third kappa shape index (κ3) is 6.22. The number of hydrogen-bond acceptors (Lipinski definition) is 2. The van der Waals surface area contributed by atoms with Crippen molar-refractivity contribution >= 4 is 11.8 Å². The minimum absolute atomic E-state index is 0.0163. The van der Waals surface area contributed by atoms with Crippen molar-refractivity contribution in [3.05, 3.63) is 70.3 Å². The van der Waals surface area contributed by atoms with Gasteiger partial charge in [0.1, 0.15) is 6.04 Å². The minimum atomic E-state index is -0.531. The largest absolute Gasteiger partial charge is 0.354 e. The lowest BCUT2D eigenvalue weighted by Crippen LogP contribution is -2.50. The first-order valence-corrected chi connectivity index (χ1v) is 9.95. The van der Waals surface area contributed by atoms with Gasteiger partial charge in [-0.3, -0.25) is 9.59 Å². The quantitative estimate of drug-likeness (QED) is 0.734. The fraction of sp³-hybridized carbons (Fsp3) is 0.417. The van der Waals surface area contributed by atoms with Gasteiger partial charge in [0.05, 0.1) is 6.42 Å². The summed E-state index contributed by atoms with van der Waals surface area (Å²) in [6.45, 7) is 10.8. The maximum Gasteiger partial charge on any atom is 0.242 e. The van der Waals surface area contributed by atoms with E-state index >= 15 is 0 Å². The van der Waals surface area contributed by atoms with Crippen LogP contribution in [0.4, 0.5) is 0 Å². The monoisotopic (exact) mass is 380 g/mol. The number of amides is 2. The van der Waals surface area contributed by atoms with Crippen molar-refractivity contribution in [2.45, 2.75) is 53.5 Å². The van der Waals surface area contributed by atoms with Crippen molar-refractivity contribution < 1.29 is 9.59 Å². The highest BCUT2D eigenvalue weighted by Gasteiger charge is 2.23. The molecule has 150 valence electrons. The molecule has 1 unspecified atom stereocenters. The van der Waals surface area contributed by atoms with Gasteiger partial charge in [-0.1, -0.05) is 61.9 Å². The topological polar surface area (TPSA) is 58.2 Å². The molecule has 0 bridgehead atoms. The van der Waals surface area contributed by atoms with Crippen LogP contribution < -0.4 is 10.6 Å². The Bertz CT molecular complexity index is 790. The van der Waals surface area contributed by atoms with Gasteiger partial charge in [-0.25, -0.2) is 0 Å². The van der Waals surface area contributed by atoms with E-state index in [2.05, 4.69) is 43.5 Å². The Hall–Kier alpha value is -2.62. The van der Waals surface area contributed by atoms with Crippen LogP contribution in [0.1, 0.15) is 41.7 Å². The fourth-order valence-corrected chi connectivity index (χ4v) is 3.57. The normalized spacial score (nSPS) is 11.9. The van der Waals surface area contributed by atoms with E-state index < -0.39 is 6.04 Å². The molecule has 0 radical (unpaired) electrons. The molecule has 4 heteroatoms. The summed E-state index contributed by atoms with van der Waals surface area (Å²) in [4.78, 5) is 25.0. The van der Waals surface area contributed by atoms with Gasteiger partial charge < -0.3 is 10.6 Å². The smallest absolute Gasteiger partial charge is 0.242 e. The average molecular weight is 381 g/mol. The van der Waals surface area contributed by atoms with E-state index in [0.29, 0.717) is 6.54 Å². The van der Waals surface area contributed by atoms with Gasteiger partial charge in [0.2, 0.25) is 11.8 Å². The third-order valence-electron chi connectivity index (χ3n) is 4.99. The molecule has 0 saturated heterocycles. The Labute approximate surface area is 168 Å². The zero-order valence-corrected chi connectivity index (χ0v) is 17.6. The van der Waals surface area contributed by atoms with Crippen LogP contribution in [0.15, 0.2) is 42.5 Å². The zero-order valence-electron chi connectivity index (χ0n) is 17.6. The van der Waals surface area contributed by atoms with Crippen LogP contribution in [0.25, 0.3) is 0 Å². The minimum Gasteiger partial charge on any atom is -0.354 e.